The monoisotopic (exact) mass is 283 g/mol. The fourth-order valence-electron chi connectivity index (χ4n) is 2.17. The number of hydrogen-bond donors (Lipinski definition) is 3. The Balaban J connectivity index is 2.15. The number of halogens is 1. The molecule has 2 heterocycles. The van der Waals surface area contributed by atoms with Gasteiger partial charge in [0.15, 0.2) is 5.65 Å². The van der Waals surface area contributed by atoms with Crippen molar-refractivity contribution in [2.24, 2.45) is 5.92 Å². The van der Waals surface area contributed by atoms with Crippen molar-refractivity contribution in [2.45, 2.75) is 32.8 Å². The van der Waals surface area contributed by atoms with Crippen LogP contribution in [0.1, 0.15) is 27.2 Å². The predicted molar refractivity (Wildman–Crippen MR) is 75.3 cm³/mol. The van der Waals surface area contributed by atoms with Gasteiger partial charge in [-0.1, -0.05) is 13.8 Å². The van der Waals surface area contributed by atoms with Crippen LogP contribution in [0.4, 0.5) is 5.82 Å². The molecule has 6 nitrogen and oxygen atoms in total. The van der Waals surface area contributed by atoms with Gasteiger partial charge in [-0.3, -0.25) is 5.10 Å². The number of aromatic nitrogens is 4. The molecule has 0 fully saturated rings. The fraction of sp³-hybridized carbons (Fsp3) is 0.583. The van der Waals surface area contributed by atoms with Gasteiger partial charge in [0.1, 0.15) is 5.82 Å². The minimum Gasteiger partial charge on any atom is -0.388 e. The van der Waals surface area contributed by atoms with Crippen molar-refractivity contribution in [1.82, 2.24) is 20.2 Å². The molecule has 0 saturated carbocycles. The molecule has 1 atom stereocenters. The van der Waals surface area contributed by atoms with Crippen LogP contribution in [0.5, 0.6) is 0 Å². The van der Waals surface area contributed by atoms with E-state index in [4.69, 9.17) is 11.6 Å². The average Bonchev–Trinajstić information content (AvgIpc) is 2.71. The Labute approximate surface area is 116 Å². The summed E-state index contributed by atoms with van der Waals surface area (Å²) in [6.07, 6.45) is 2.33. The second-order valence-electron chi connectivity index (χ2n) is 5.42. The van der Waals surface area contributed by atoms with Crippen LogP contribution in [0.25, 0.3) is 11.0 Å². The molecule has 2 aromatic rings. The van der Waals surface area contributed by atoms with Crippen molar-refractivity contribution in [2.75, 3.05) is 11.9 Å². The van der Waals surface area contributed by atoms with E-state index in [1.54, 1.807) is 13.1 Å². The first kappa shape index (κ1) is 14.0. The number of anilines is 1. The van der Waals surface area contributed by atoms with Gasteiger partial charge in [-0.2, -0.15) is 15.1 Å². The molecule has 0 bridgehead atoms. The third-order valence-corrected chi connectivity index (χ3v) is 2.94. The molecule has 0 saturated heterocycles. The van der Waals surface area contributed by atoms with Crippen LogP contribution in [0.15, 0.2) is 6.20 Å². The van der Waals surface area contributed by atoms with Crippen molar-refractivity contribution >= 4 is 28.5 Å². The van der Waals surface area contributed by atoms with Crippen LogP contribution in [-0.4, -0.2) is 37.4 Å². The van der Waals surface area contributed by atoms with Gasteiger partial charge in [0.05, 0.1) is 17.2 Å². The van der Waals surface area contributed by atoms with Gasteiger partial charge in [0.2, 0.25) is 5.28 Å². The second-order valence-corrected chi connectivity index (χ2v) is 5.76. The van der Waals surface area contributed by atoms with Crippen molar-refractivity contribution < 1.29 is 5.11 Å². The molecular weight excluding hydrogens is 266 g/mol. The number of aromatic amines is 1. The lowest BCUT2D eigenvalue weighted by atomic mass is 9.94. The van der Waals surface area contributed by atoms with Gasteiger partial charge < -0.3 is 10.4 Å². The lowest BCUT2D eigenvalue weighted by Gasteiger charge is -2.25. The van der Waals surface area contributed by atoms with E-state index in [9.17, 15) is 5.11 Å². The van der Waals surface area contributed by atoms with E-state index in [0.717, 1.165) is 5.39 Å². The number of H-pyrrole nitrogens is 1. The molecule has 104 valence electrons. The Hall–Kier alpha value is -1.40. The molecule has 3 N–H and O–H groups in total. The van der Waals surface area contributed by atoms with Crippen LogP contribution in [0.2, 0.25) is 5.28 Å². The summed E-state index contributed by atoms with van der Waals surface area (Å²) in [6.45, 7) is 6.34. The summed E-state index contributed by atoms with van der Waals surface area (Å²) in [4.78, 5) is 8.15. The summed E-state index contributed by atoms with van der Waals surface area (Å²) in [5, 5.41) is 20.9. The average molecular weight is 284 g/mol. The first-order valence-corrected chi connectivity index (χ1v) is 6.58. The van der Waals surface area contributed by atoms with Crippen LogP contribution < -0.4 is 5.32 Å². The van der Waals surface area contributed by atoms with Gasteiger partial charge in [0, 0.05) is 6.54 Å². The molecule has 19 heavy (non-hydrogen) atoms. The number of rotatable bonds is 5. The largest absolute Gasteiger partial charge is 0.388 e. The molecule has 2 rings (SSSR count). The number of hydrogen-bond acceptors (Lipinski definition) is 5. The van der Waals surface area contributed by atoms with E-state index in [-0.39, 0.29) is 5.28 Å². The molecule has 0 spiro atoms. The summed E-state index contributed by atoms with van der Waals surface area (Å²) < 4.78 is 0. The van der Waals surface area contributed by atoms with Crippen LogP contribution in [0, 0.1) is 5.92 Å². The van der Waals surface area contributed by atoms with Crippen LogP contribution in [-0.2, 0) is 0 Å². The van der Waals surface area contributed by atoms with Crippen molar-refractivity contribution in [1.29, 1.82) is 0 Å². The minimum atomic E-state index is -0.804. The normalized spacial score (nSPS) is 14.8. The Kier molecular flexibility index (Phi) is 3.91. The quantitative estimate of drug-likeness (QED) is 0.733. The van der Waals surface area contributed by atoms with Gasteiger partial charge in [0.25, 0.3) is 0 Å². The molecule has 0 aromatic carbocycles. The molecule has 7 heteroatoms. The Morgan fingerprint density at radius 2 is 2.21 bits per heavy atom. The maximum atomic E-state index is 10.3. The summed E-state index contributed by atoms with van der Waals surface area (Å²) in [6, 6.07) is 0. The number of fused-ring (bicyclic) bond motifs is 1. The molecule has 0 amide bonds. The number of nitrogens with zero attached hydrogens (tertiary/aromatic N) is 3. The molecule has 0 aliphatic rings. The summed E-state index contributed by atoms with van der Waals surface area (Å²) in [5.74, 6) is 0.993. The minimum absolute atomic E-state index is 0.141. The summed E-state index contributed by atoms with van der Waals surface area (Å²) >= 11 is 5.84. The molecule has 2 aromatic heterocycles. The smallest absolute Gasteiger partial charge is 0.226 e. The zero-order valence-electron chi connectivity index (χ0n) is 11.2. The highest BCUT2D eigenvalue weighted by atomic mass is 35.5. The second kappa shape index (κ2) is 5.30. The fourth-order valence-corrected chi connectivity index (χ4v) is 2.34. The number of aliphatic hydroxyl groups is 1. The SMILES string of the molecule is CC(C)CC(C)(O)CNc1nc(Cl)nc2[nH]ncc12. The molecule has 0 aliphatic carbocycles. The van der Waals surface area contributed by atoms with Crippen molar-refractivity contribution in [3.63, 3.8) is 0 Å². The lowest BCUT2D eigenvalue weighted by Crippen LogP contribution is -2.35. The molecule has 1 unspecified atom stereocenters. The third-order valence-electron chi connectivity index (χ3n) is 2.77. The highest BCUT2D eigenvalue weighted by Gasteiger charge is 2.22. The Morgan fingerprint density at radius 1 is 1.47 bits per heavy atom. The standard InChI is InChI=1S/C12H18ClN5O/c1-7(2)4-12(3,19)6-14-9-8-5-15-18-10(8)17-11(13)16-9/h5,7,19H,4,6H2,1-3H3,(H2,14,15,16,17,18). The van der Waals surface area contributed by atoms with Gasteiger partial charge in [-0.05, 0) is 30.9 Å². The van der Waals surface area contributed by atoms with Crippen LogP contribution in [0.3, 0.4) is 0 Å². The zero-order valence-corrected chi connectivity index (χ0v) is 12.0. The van der Waals surface area contributed by atoms with Gasteiger partial charge >= 0.3 is 0 Å². The van der Waals surface area contributed by atoms with E-state index in [0.29, 0.717) is 30.3 Å². The van der Waals surface area contributed by atoms with E-state index in [2.05, 4.69) is 39.3 Å². The molecular formula is C12H18ClN5O. The van der Waals surface area contributed by atoms with E-state index >= 15 is 0 Å². The van der Waals surface area contributed by atoms with E-state index in [1.807, 2.05) is 0 Å². The Morgan fingerprint density at radius 3 is 2.89 bits per heavy atom. The molecule has 0 aliphatic heterocycles. The first-order chi connectivity index (χ1) is 8.87. The van der Waals surface area contributed by atoms with Crippen molar-refractivity contribution in [3.8, 4) is 0 Å². The number of nitrogens with one attached hydrogen (secondary N) is 2. The molecule has 0 radical (unpaired) electrons. The zero-order chi connectivity index (χ0) is 14.0. The summed E-state index contributed by atoms with van der Waals surface area (Å²) in [7, 11) is 0. The Bertz CT molecular complexity index is 566. The highest BCUT2D eigenvalue weighted by molar-refractivity contribution is 6.28. The summed E-state index contributed by atoms with van der Waals surface area (Å²) in [5.41, 5.74) is -0.229. The topological polar surface area (TPSA) is 86.7 Å². The van der Waals surface area contributed by atoms with Gasteiger partial charge in [-0.15, -0.1) is 0 Å². The maximum Gasteiger partial charge on any atom is 0.226 e. The maximum absolute atomic E-state index is 10.3. The third kappa shape index (κ3) is 3.54. The van der Waals surface area contributed by atoms with E-state index in [1.165, 1.54) is 0 Å². The van der Waals surface area contributed by atoms with Crippen LogP contribution >= 0.6 is 11.6 Å². The highest BCUT2D eigenvalue weighted by Crippen LogP contribution is 2.22. The van der Waals surface area contributed by atoms with E-state index < -0.39 is 5.60 Å². The lowest BCUT2D eigenvalue weighted by molar-refractivity contribution is 0.0515. The first-order valence-electron chi connectivity index (χ1n) is 6.20. The van der Waals surface area contributed by atoms with Crippen molar-refractivity contribution in [3.05, 3.63) is 11.5 Å². The van der Waals surface area contributed by atoms with Gasteiger partial charge in [-0.25, -0.2) is 0 Å². The predicted octanol–water partition coefficient (Wildman–Crippen LogP) is 2.22.